The van der Waals surface area contributed by atoms with E-state index in [0.717, 1.165) is 0 Å². The van der Waals surface area contributed by atoms with Crippen molar-refractivity contribution in [1.29, 1.82) is 0 Å². The Morgan fingerprint density at radius 1 is 1.22 bits per heavy atom. The van der Waals surface area contributed by atoms with E-state index in [4.69, 9.17) is 0 Å². The predicted octanol–water partition coefficient (Wildman–Crippen LogP) is 2.16. The van der Waals surface area contributed by atoms with E-state index < -0.39 is 17.0 Å². The van der Waals surface area contributed by atoms with Gasteiger partial charge in [0.25, 0.3) is 0 Å². The van der Waals surface area contributed by atoms with Crippen molar-refractivity contribution in [3.63, 3.8) is 0 Å². The zero-order valence-electron chi connectivity index (χ0n) is 10.8. The second kappa shape index (κ2) is 5.65. The van der Waals surface area contributed by atoms with Crippen molar-refractivity contribution >= 4 is 15.9 Å². The van der Waals surface area contributed by atoms with E-state index in [1.165, 1.54) is 13.0 Å². The van der Waals surface area contributed by atoms with Crippen LogP contribution in [0, 0.1) is 5.82 Å². The normalized spacial score (nSPS) is 15.5. The van der Waals surface area contributed by atoms with Crippen molar-refractivity contribution in [2.45, 2.75) is 32.0 Å². The second-order valence-corrected chi connectivity index (χ2v) is 6.23. The van der Waals surface area contributed by atoms with Crippen LogP contribution in [-0.4, -0.2) is 28.9 Å². The number of nitrogens with one attached hydrogen (secondary N) is 1. The Morgan fingerprint density at radius 3 is 2.33 bits per heavy atom. The molecule has 1 aromatic rings. The second-order valence-electron chi connectivity index (χ2n) is 5.31. The molecule has 0 saturated heterocycles. The highest BCUT2D eigenvalue weighted by molar-refractivity contribution is 9.10. The van der Waals surface area contributed by atoms with E-state index in [2.05, 4.69) is 21.2 Å². The molecule has 3 N–H and O–H groups in total. The average molecular weight is 320 g/mol. The fourth-order valence-electron chi connectivity index (χ4n) is 1.63. The molecule has 0 saturated carbocycles. The fourth-order valence-corrected chi connectivity index (χ4v) is 1.97. The monoisotopic (exact) mass is 319 g/mol. The highest BCUT2D eigenvalue weighted by Gasteiger charge is 2.27. The Balaban J connectivity index is 2.73. The van der Waals surface area contributed by atoms with Crippen molar-refractivity contribution in [2.75, 3.05) is 13.1 Å². The molecule has 1 atom stereocenters. The van der Waals surface area contributed by atoms with Crippen molar-refractivity contribution in [1.82, 2.24) is 5.32 Å². The van der Waals surface area contributed by atoms with Crippen LogP contribution in [0.4, 0.5) is 4.39 Å². The molecule has 0 fully saturated rings. The molecule has 1 aromatic carbocycles. The highest BCUT2D eigenvalue weighted by Crippen LogP contribution is 2.25. The molecule has 0 amide bonds. The van der Waals surface area contributed by atoms with Gasteiger partial charge in [0.05, 0.1) is 5.60 Å². The van der Waals surface area contributed by atoms with Crippen LogP contribution in [0.3, 0.4) is 0 Å². The lowest BCUT2D eigenvalue weighted by Crippen LogP contribution is -2.42. The zero-order valence-corrected chi connectivity index (χ0v) is 12.4. The average Bonchev–Trinajstić information content (AvgIpc) is 2.13. The number of hydrogen-bond acceptors (Lipinski definition) is 3. The molecule has 1 rings (SSSR count). The molecule has 0 aromatic heterocycles. The first-order chi connectivity index (χ1) is 8.12. The third-order valence-corrected chi connectivity index (χ3v) is 3.03. The summed E-state index contributed by atoms with van der Waals surface area (Å²) in [7, 11) is 0. The molecule has 0 heterocycles. The molecule has 0 bridgehead atoms. The van der Waals surface area contributed by atoms with Gasteiger partial charge in [-0.3, -0.25) is 0 Å². The third kappa shape index (κ3) is 4.65. The van der Waals surface area contributed by atoms with E-state index in [1.54, 1.807) is 26.0 Å². The summed E-state index contributed by atoms with van der Waals surface area (Å²) in [6.07, 6.45) is 0. The van der Waals surface area contributed by atoms with E-state index >= 15 is 0 Å². The Labute approximate surface area is 115 Å². The number of halogens is 2. The minimum absolute atomic E-state index is 0.162. The molecule has 3 nitrogen and oxygen atoms in total. The Morgan fingerprint density at radius 2 is 1.83 bits per heavy atom. The first-order valence-electron chi connectivity index (χ1n) is 5.73. The molecule has 18 heavy (non-hydrogen) atoms. The maximum atomic E-state index is 13.7. The predicted molar refractivity (Wildman–Crippen MR) is 72.8 cm³/mol. The van der Waals surface area contributed by atoms with Gasteiger partial charge in [0.2, 0.25) is 0 Å². The van der Waals surface area contributed by atoms with E-state index in [9.17, 15) is 14.6 Å². The number of hydrogen-bond donors (Lipinski definition) is 3. The summed E-state index contributed by atoms with van der Waals surface area (Å²) in [6, 6.07) is 4.55. The summed E-state index contributed by atoms with van der Waals surface area (Å²) < 4.78 is 14.4. The summed E-state index contributed by atoms with van der Waals surface area (Å²) in [5.74, 6) is -0.459. The molecular weight excluding hydrogens is 301 g/mol. The van der Waals surface area contributed by atoms with Gasteiger partial charge >= 0.3 is 0 Å². The number of rotatable bonds is 5. The minimum Gasteiger partial charge on any atom is -0.389 e. The van der Waals surface area contributed by atoms with Gasteiger partial charge in [0.1, 0.15) is 11.4 Å². The zero-order chi connectivity index (χ0) is 14.0. The molecule has 5 heteroatoms. The van der Waals surface area contributed by atoms with E-state index in [-0.39, 0.29) is 12.1 Å². The maximum absolute atomic E-state index is 13.7. The van der Waals surface area contributed by atoms with Crippen LogP contribution in [0.1, 0.15) is 26.3 Å². The van der Waals surface area contributed by atoms with Crippen LogP contribution in [0.25, 0.3) is 0 Å². The first-order valence-corrected chi connectivity index (χ1v) is 6.52. The summed E-state index contributed by atoms with van der Waals surface area (Å²) in [6.45, 7) is 5.34. The lowest BCUT2D eigenvalue weighted by molar-refractivity contribution is 0.0371. The molecule has 0 aliphatic heterocycles. The Kier molecular flexibility index (Phi) is 4.89. The SMILES string of the molecule is CC(C)(O)CNC[C@](C)(O)c1ccc(Br)cc1F. The van der Waals surface area contributed by atoms with Gasteiger partial charge in [-0.25, -0.2) is 4.39 Å². The quantitative estimate of drug-likeness (QED) is 0.779. The van der Waals surface area contributed by atoms with Crippen molar-refractivity contribution in [2.24, 2.45) is 0 Å². The summed E-state index contributed by atoms with van der Waals surface area (Å²) >= 11 is 3.17. The van der Waals surface area contributed by atoms with E-state index in [1.807, 2.05) is 0 Å². The molecule has 0 unspecified atom stereocenters. The first kappa shape index (κ1) is 15.6. The van der Waals surface area contributed by atoms with Gasteiger partial charge in [-0.05, 0) is 32.9 Å². The topological polar surface area (TPSA) is 52.5 Å². The number of benzene rings is 1. The minimum atomic E-state index is -1.32. The van der Waals surface area contributed by atoms with Gasteiger partial charge in [0.15, 0.2) is 0 Å². The van der Waals surface area contributed by atoms with E-state index in [0.29, 0.717) is 11.0 Å². The Bertz CT molecular complexity index is 416. The number of aliphatic hydroxyl groups is 2. The van der Waals surface area contributed by atoms with Gasteiger partial charge in [0, 0.05) is 23.1 Å². The summed E-state index contributed by atoms with van der Waals surface area (Å²) in [5, 5.41) is 22.7. The smallest absolute Gasteiger partial charge is 0.130 e. The van der Waals surface area contributed by atoms with Gasteiger partial charge in [-0.2, -0.15) is 0 Å². The molecule has 0 radical (unpaired) electrons. The summed E-state index contributed by atoms with van der Waals surface area (Å²) in [5.41, 5.74) is -1.96. The van der Waals surface area contributed by atoms with Crippen LogP contribution in [0.2, 0.25) is 0 Å². The lowest BCUT2D eigenvalue weighted by Gasteiger charge is -2.27. The Hall–Kier alpha value is -0.490. The molecular formula is C13H19BrFNO2. The van der Waals surface area contributed by atoms with Crippen LogP contribution in [-0.2, 0) is 5.60 Å². The van der Waals surface area contributed by atoms with Gasteiger partial charge in [-0.15, -0.1) is 0 Å². The molecule has 0 spiro atoms. The maximum Gasteiger partial charge on any atom is 0.130 e. The van der Waals surface area contributed by atoms with Crippen molar-refractivity contribution < 1.29 is 14.6 Å². The van der Waals surface area contributed by atoms with Crippen LogP contribution in [0.15, 0.2) is 22.7 Å². The van der Waals surface area contributed by atoms with Crippen molar-refractivity contribution in [3.05, 3.63) is 34.1 Å². The van der Waals surface area contributed by atoms with Crippen molar-refractivity contribution in [3.8, 4) is 0 Å². The largest absolute Gasteiger partial charge is 0.389 e. The molecule has 0 aliphatic carbocycles. The fraction of sp³-hybridized carbons (Fsp3) is 0.538. The summed E-state index contributed by atoms with van der Waals surface area (Å²) in [4.78, 5) is 0. The molecule has 102 valence electrons. The van der Waals surface area contributed by atoms with Crippen LogP contribution < -0.4 is 5.32 Å². The lowest BCUT2D eigenvalue weighted by atomic mass is 9.95. The highest BCUT2D eigenvalue weighted by atomic mass is 79.9. The third-order valence-electron chi connectivity index (χ3n) is 2.54. The van der Waals surface area contributed by atoms with Gasteiger partial charge < -0.3 is 15.5 Å². The van der Waals surface area contributed by atoms with Crippen LogP contribution >= 0.6 is 15.9 Å². The molecule has 0 aliphatic rings. The van der Waals surface area contributed by atoms with Gasteiger partial charge in [-0.1, -0.05) is 22.0 Å². The standard InChI is InChI=1S/C13H19BrFNO2/c1-12(2,17)7-16-8-13(3,18)10-5-4-9(14)6-11(10)15/h4-6,16-18H,7-8H2,1-3H3/t13-/m0/s1. The van der Waals surface area contributed by atoms with Crippen LogP contribution in [0.5, 0.6) is 0 Å².